The summed E-state index contributed by atoms with van der Waals surface area (Å²) in [5.74, 6) is 0.309. The lowest BCUT2D eigenvalue weighted by molar-refractivity contribution is -0.123. The Balaban J connectivity index is 1.57. The van der Waals surface area contributed by atoms with Gasteiger partial charge in [-0.1, -0.05) is 23.7 Å². The summed E-state index contributed by atoms with van der Waals surface area (Å²) < 4.78 is 16.3. The van der Waals surface area contributed by atoms with E-state index in [9.17, 15) is 9.59 Å². The minimum absolute atomic E-state index is 0.162. The molecule has 8 heteroatoms. The van der Waals surface area contributed by atoms with Crippen molar-refractivity contribution >= 4 is 29.7 Å². The molecular weight excluding hydrogens is 444 g/mol. The minimum Gasteiger partial charge on any atom is -0.493 e. The van der Waals surface area contributed by atoms with Gasteiger partial charge in [0.1, 0.15) is 5.75 Å². The summed E-state index contributed by atoms with van der Waals surface area (Å²) in [6.45, 7) is 3.70. The van der Waals surface area contributed by atoms with Crippen molar-refractivity contribution in [2.45, 2.75) is 13.8 Å². The first-order valence-corrected chi connectivity index (χ1v) is 10.4. The summed E-state index contributed by atoms with van der Waals surface area (Å²) >= 11 is 5.84. The predicted octanol–water partition coefficient (Wildman–Crippen LogP) is 4.71. The van der Waals surface area contributed by atoms with Crippen LogP contribution in [0.25, 0.3) is 0 Å². The van der Waals surface area contributed by atoms with Gasteiger partial charge in [0.25, 0.3) is 5.91 Å². The van der Waals surface area contributed by atoms with Gasteiger partial charge in [-0.25, -0.2) is 10.2 Å². The molecule has 0 spiro atoms. The van der Waals surface area contributed by atoms with Crippen molar-refractivity contribution in [3.8, 4) is 17.2 Å². The lowest BCUT2D eigenvalue weighted by Crippen LogP contribution is -2.24. The summed E-state index contributed by atoms with van der Waals surface area (Å²) in [5, 5.41) is 4.46. The van der Waals surface area contributed by atoms with Gasteiger partial charge >= 0.3 is 5.97 Å². The van der Waals surface area contributed by atoms with Crippen molar-refractivity contribution in [1.82, 2.24) is 5.43 Å². The van der Waals surface area contributed by atoms with Crippen molar-refractivity contribution in [3.05, 3.63) is 87.9 Å². The summed E-state index contributed by atoms with van der Waals surface area (Å²) in [6, 6.07) is 17.0. The molecule has 0 aliphatic rings. The van der Waals surface area contributed by atoms with Crippen molar-refractivity contribution in [2.24, 2.45) is 5.10 Å². The monoisotopic (exact) mass is 466 g/mol. The molecule has 3 rings (SSSR count). The number of hydrogen-bond donors (Lipinski definition) is 1. The highest BCUT2D eigenvalue weighted by Gasteiger charge is 2.13. The number of amides is 1. The van der Waals surface area contributed by atoms with Crippen LogP contribution in [0.2, 0.25) is 5.02 Å². The molecule has 0 aliphatic carbocycles. The van der Waals surface area contributed by atoms with Gasteiger partial charge in [-0.15, -0.1) is 0 Å². The number of hydrazone groups is 1. The molecule has 33 heavy (non-hydrogen) atoms. The quantitative estimate of drug-likeness (QED) is 0.225. The maximum Gasteiger partial charge on any atom is 0.343 e. The zero-order valence-electron chi connectivity index (χ0n) is 18.4. The largest absolute Gasteiger partial charge is 0.493 e. The summed E-state index contributed by atoms with van der Waals surface area (Å²) in [4.78, 5) is 24.3. The number of methoxy groups -OCH3 is 1. The van der Waals surface area contributed by atoms with Gasteiger partial charge in [-0.2, -0.15) is 5.10 Å². The third-order valence-corrected chi connectivity index (χ3v) is 4.83. The van der Waals surface area contributed by atoms with Crippen LogP contribution in [0.5, 0.6) is 17.2 Å². The Morgan fingerprint density at radius 1 is 0.970 bits per heavy atom. The molecule has 0 atom stereocenters. The molecule has 3 aromatic rings. The van der Waals surface area contributed by atoms with Gasteiger partial charge in [-0.05, 0) is 79.1 Å². The molecule has 170 valence electrons. The van der Waals surface area contributed by atoms with Crippen LogP contribution in [0, 0.1) is 13.8 Å². The van der Waals surface area contributed by atoms with Crippen LogP contribution >= 0.6 is 11.6 Å². The van der Waals surface area contributed by atoms with Gasteiger partial charge in [0.15, 0.2) is 18.1 Å². The molecule has 0 unspecified atom stereocenters. The molecule has 0 fully saturated rings. The summed E-state index contributed by atoms with van der Waals surface area (Å²) in [7, 11) is 1.46. The Labute approximate surface area is 196 Å². The highest BCUT2D eigenvalue weighted by atomic mass is 35.5. The molecule has 7 nitrogen and oxygen atoms in total. The molecule has 3 aromatic carbocycles. The van der Waals surface area contributed by atoms with E-state index in [1.54, 1.807) is 42.5 Å². The van der Waals surface area contributed by atoms with Gasteiger partial charge < -0.3 is 14.2 Å². The number of nitrogens with zero attached hydrogens (tertiary/aromatic N) is 1. The number of benzene rings is 3. The lowest BCUT2D eigenvalue weighted by Gasteiger charge is -2.10. The van der Waals surface area contributed by atoms with Crippen molar-refractivity contribution in [2.75, 3.05) is 13.7 Å². The van der Waals surface area contributed by atoms with Gasteiger partial charge in [0.05, 0.1) is 18.9 Å². The molecule has 0 heterocycles. The van der Waals surface area contributed by atoms with Crippen molar-refractivity contribution in [3.63, 3.8) is 0 Å². The average Bonchev–Trinajstić information content (AvgIpc) is 2.80. The number of nitrogens with one attached hydrogen (secondary N) is 1. The smallest absolute Gasteiger partial charge is 0.343 e. The molecule has 1 amide bonds. The first-order valence-electron chi connectivity index (χ1n) is 10.0. The third kappa shape index (κ3) is 6.82. The van der Waals surface area contributed by atoms with Crippen LogP contribution in [0.3, 0.4) is 0 Å². The van der Waals surface area contributed by atoms with E-state index in [-0.39, 0.29) is 12.4 Å². The topological polar surface area (TPSA) is 86.2 Å². The number of rotatable bonds is 8. The maximum atomic E-state index is 12.3. The second-order valence-electron chi connectivity index (χ2n) is 7.16. The molecule has 0 aliphatic heterocycles. The van der Waals surface area contributed by atoms with Crippen LogP contribution < -0.4 is 19.6 Å². The molecular formula is C25H23ClN2O5. The molecule has 0 bridgehead atoms. The highest BCUT2D eigenvalue weighted by Crippen LogP contribution is 2.28. The van der Waals surface area contributed by atoms with Gasteiger partial charge in [-0.3, -0.25) is 4.79 Å². The Morgan fingerprint density at radius 2 is 1.73 bits per heavy atom. The fourth-order valence-electron chi connectivity index (χ4n) is 2.81. The Morgan fingerprint density at radius 3 is 2.45 bits per heavy atom. The average molecular weight is 467 g/mol. The maximum absolute atomic E-state index is 12.3. The van der Waals surface area contributed by atoms with E-state index in [4.69, 9.17) is 25.8 Å². The summed E-state index contributed by atoms with van der Waals surface area (Å²) in [6.07, 6.45) is 1.45. The van der Waals surface area contributed by atoms with E-state index >= 15 is 0 Å². The van der Waals surface area contributed by atoms with Crippen LogP contribution in [0.1, 0.15) is 27.0 Å². The second-order valence-corrected chi connectivity index (χ2v) is 7.59. The first kappa shape index (κ1) is 23.8. The number of hydrogen-bond acceptors (Lipinski definition) is 6. The zero-order chi connectivity index (χ0) is 23.8. The van der Waals surface area contributed by atoms with E-state index < -0.39 is 11.9 Å². The zero-order valence-corrected chi connectivity index (χ0v) is 19.2. The first-order chi connectivity index (χ1) is 15.9. The Kier molecular flexibility index (Phi) is 8.05. The number of halogens is 1. The predicted molar refractivity (Wildman–Crippen MR) is 127 cm³/mol. The molecule has 0 radical (unpaired) electrons. The van der Waals surface area contributed by atoms with E-state index in [1.807, 2.05) is 32.0 Å². The minimum atomic E-state index is -0.539. The van der Waals surface area contributed by atoms with Crippen LogP contribution in [-0.2, 0) is 4.79 Å². The van der Waals surface area contributed by atoms with Crippen LogP contribution in [0.15, 0.2) is 65.8 Å². The van der Waals surface area contributed by atoms with Crippen LogP contribution in [0.4, 0.5) is 0 Å². The van der Waals surface area contributed by atoms with E-state index in [1.165, 1.54) is 13.3 Å². The molecule has 0 saturated carbocycles. The van der Waals surface area contributed by atoms with Crippen molar-refractivity contribution < 1.29 is 23.8 Å². The number of aryl methyl sites for hydroxylation is 2. The fourth-order valence-corrected chi connectivity index (χ4v) is 2.94. The van der Waals surface area contributed by atoms with Crippen molar-refractivity contribution in [1.29, 1.82) is 0 Å². The van der Waals surface area contributed by atoms with Gasteiger partial charge in [0.2, 0.25) is 0 Å². The van der Waals surface area contributed by atoms with E-state index in [0.717, 1.165) is 11.1 Å². The SMILES string of the molecule is COc1cc(/C=N/NC(=O)COc2cc(C)ccc2C)ccc1OC(=O)c1ccc(Cl)cc1. The van der Waals surface area contributed by atoms with Gasteiger partial charge in [0, 0.05) is 5.02 Å². The van der Waals surface area contributed by atoms with E-state index in [2.05, 4.69) is 10.5 Å². The number of carbonyl (C=O) groups excluding carboxylic acids is 2. The fraction of sp³-hybridized carbons (Fsp3) is 0.160. The highest BCUT2D eigenvalue weighted by molar-refractivity contribution is 6.30. The lowest BCUT2D eigenvalue weighted by atomic mass is 10.1. The number of carbonyl (C=O) groups is 2. The molecule has 0 saturated heterocycles. The second kappa shape index (κ2) is 11.2. The van der Waals surface area contributed by atoms with E-state index in [0.29, 0.717) is 27.6 Å². The summed E-state index contributed by atoms with van der Waals surface area (Å²) in [5.41, 5.74) is 5.40. The molecule has 0 aromatic heterocycles. The third-order valence-electron chi connectivity index (χ3n) is 4.58. The number of ether oxygens (including phenoxy) is 3. The van der Waals surface area contributed by atoms with Crippen LogP contribution in [-0.4, -0.2) is 31.8 Å². The molecule has 1 N–H and O–H groups in total. The normalized spacial score (nSPS) is 10.7. The number of esters is 1. The Bertz CT molecular complexity index is 1180. The standard InChI is InChI=1S/C25H23ClN2O5/c1-16-4-5-17(2)22(12-16)32-15-24(29)28-27-14-18-6-11-21(23(13-18)31-3)33-25(30)19-7-9-20(26)10-8-19/h4-14H,15H2,1-3H3,(H,28,29)/b27-14+. The Hall–Kier alpha value is -3.84.